The van der Waals surface area contributed by atoms with Gasteiger partial charge < -0.3 is 9.67 Å². The highest BCUT2D eigenvalue weighted by Gasteiger charge is 2.23. The maximum Gasteiger partial charge on any atom is 0.205 e. The molecule has 7 nitrogen and oxygen atoms in total. The smallest absolute Gasteiger partial charge is 0.205 e. The molecular weight excluding hydrogens is 448 g/mol. The quantitative estimate of drug-likeness (QED) is 0.365. The molecule has 2 heterocycles. The van der Waals surface area contributed by atoms with Crippen LogP contribution >= 0.6 is 11.6 Å². The predicted octanol–water partition coefficient (Wildman–Crippen LogP) is 5.39. The van der Waals surface area contributed by atoms with E-state index in [0.29, 0.717) is 24.0 Å². The Bertz CT molecular complexity index is 1380. The zero-order chi connectivity index (χ0) is 26.2. The predicted molar refractivity (Wildman–Crippen MR) is 135 cm³/mol. The number of aryl methyl sites for hydroxylation is 2. The summed E-state index contributed by atoms with van der Waals surface area (Å²) in [7, 11) is 1.74. The molecule has 0 amide bonds. The second kappa shape index (κ2) is 10.1. The third kappa shape index (κ3) is 4.63. The fraction of sp³-hybridized carbons (Fsp3) is 0.385. The van der Waals surface area contributed by atoms with Crippen LogP contribution in [0.3, 0.4) is 0 Å². The normalized spacial score (nSPS) is 14.6. The lowest BCUT2D eigenvalue weighted by molar-refractivity contribution is 0.268. The second-order valence-corrected chi connectivity index (χ2v) is 9.12. The molecule has 0 saturated heterocycles. The van der Waals surface area contributed by atoms with Crippen LogP contribution in [0, 0.1) is 12.8 Å². The summed E-state index contributed by atoms with van der Waals surface area (Å²) in [6.45, 7) is 5.61. The number of aromatic nitrogens is 6. The highest BCUT2D eigenvalue weighted by Crippen LogP contribution is 2.34. The van der Waals surface area contributed by atoms with Crippen molar-refractivity contribution in [1.82, 2.24) is 29.8 Å². The molecule has 0 aliphatic heterocycles. The average Bonchev–Trinajstić information content (AvgIpc) is 3.40. The van der Waals surface area contributed by atoms with Crippen molar-refractivity contribution in [2.24, 2.45) is 13.0 Å². The fourth-order valence-electron chi connectivity index (χ4n) is 4.34. The number of imidazole rings is 1. The second-order valence-electron chi connectivity index (χ2n) is 8.76. The van der Waals surface area contributed by atoms with Crippen molar-refractivity contribution in [1.29, 1.82) is 0 Å². The van der Waals surface area contributed by atoms with Crippen LogP contribution in [0.2, 0.25) is 5.15 Å². The summed E-state index contributed by atoms with van der Waals surface area (Å²) in [6.07, 6.45) is 1.58. The Morgan fingerprint density at radius 1 is 1.15 bits per heavy atom. The summed E-state index contributed by atoms with van der Waals surface area (Å²) < 4.78 is 17.8. The van der Waals surface area contributed by atoms with Crippen LogP contribution in [0.15, 0.2) is 42.5 Å². The van der Waals surface area contributed by atoms with Crippen LogP contribution in [-0.4, -0.2) is 34.9 Å². The van der Waals surface area contributed by atoms with E-state index in [0.717, 1.165) is 34.2 Å². The summed E-state index contributed by atoms with van der Waals surface area (Å²) in [6, 6.07) is 13.8. The third-order valence-corrected chi connectivity index (χ3v) is 6.63. The molecule has 2 atom stereocenters. The SMILES string of the molecule is [2H]C([2H])(O)c1c(Cl)nc(CC(C)CC)n1C(C)c1ccc(-c2ccccc2-c2nnn(C)n2)cc1C. The van der Waals surface area contributed by atoms with Crippen LogP contribution in [0.5, 0.6) is 0 Å². The molecule has 1 N–H and O–H groups in total. The van der Waals surface area contributed by atoms with Gasteiger partial charge in [-0.15, -0.1) is 10.2 Å². The summed E-state index contributed by atoms with van der Waals surface area (Å²) in [5, 5.41) is 22.8. The van der Waals surface area contributed by atoms with Gasteiger partial charge in [0.1, 0.15) is 5.82 Å². The van der Waals surface area contributed by atoms with Gasteiger partial charge in [-0.1, -0.05) is 74.3 Å². The molecule has 34 heavy (non-hydrogen) atoms. The molecule has 0 fully saturated rings. The summed E-state index contributed by atoms with van der Waals surface area (Å²) in [4.78, 5) is 5.90. The fourth-order valence-corrected chi connectivity index (χ4v) is 4.57. The monoisotopic (exact) mass is 480 g/mol. The van der Waals surface area contributed by atoms with Crippen molar-refractivity contribution >= 4 is 11.6 Å². The average molecular weight is 481 g/mol. The lowest BCUT2D eigenvalue weighted by atomic mass is 9.93. The molecule has 0 spiro atoms. The van der Waals surface area contributed by atoms with E-state index >= 15 is 0 Å². The number of halogens is 1. The van der Waals surface area contributed by atoms with Crippen LogP contribution in [-0.2, 0) is 20.0 Å². The molecule has 178 valence electrons. The van der Waals surface area contributed by atoms with Crippen molar-refractivity contribution in [2.75, 3.05) is 0 Å². The minimum absolute atomic E-state index is 0.00711. The van der Waals surface area contributed by atoms with E-state index in [-0.39, 0.29) is 16.9 Å². The lowest BCUT2D eigenvalue weighted by Crippen LogP contribution is -2.16. The lowest BCUT2D eigenvalue weighted by Gasteiger charge is -2.23. The van der Waals surface area contributed by atoms with Crippen molar-refractivity contribution in [3.8, 4) is 22.5 Å². The highest BCUT2D eigenvalue weighted by molar-refractivity contribution is 6.30. The number of nitrogens with zero attached hydrogens (tertiary/aromatic N) is 6. The standard InChI is InChI=1S/C26H31ClN6O/c1-6-16(2)13-24-28-25(27)23(15-34)33(24)18(4)20-12-11-19(14-17(20)3)21-9-7-8-10-22(21)26-29-31-32(5)30-26/h7-12,14,16,18,34H,6,13,15H2,1-5H3/i15D2. The molecule has 0 saturated carbocycles. The number of rotatable bonds is 8. The van der Waals surface area contributed by atoms with E-state index < -0.39 is 6.56 Å². The van der Waals surface area contributed by atoms with Gasteiger partial charge >= 0.3 is 0 Å². The summed E-state index contributed by atoms with van der Waals surface area (Å²) in [5.41, 5.74) is 4.87. The minimum atomic E-state index is -2.62. The first kappa shape index (κ1) is 21.5. The Kier molecular flexibility index (Phi) is 6.37. The van der Waals surface area contributed by atoms with Gasteiger partial charge in [-0.25, -0.2) is 4.98 Å². The minimum Gasteiger partial charge on any atom is -0.390 e. The number of tetrazole rings is 1. The van der Waals surface area contributed by atoms with Gasteiger partial charge in [0, 0.05) is 12.0 Å². The molecule has 2 aromatic carbocycles. The van der Waals surface area contributed by atoms with Gasteiger partial charge in [-0.3, -0.25) is 0 Å². The van der Waals surface area contributed by atoms with Gasteiger partial charge in [0.15, 0.2) is 5.15 Å². The molecule has 4 rings (SSSR count). The topological polar surface area (TPSA) is 81.7 Å². The van der Waals surface area contributed by atoms with Gasteiger partial charge in [0.05, 0.1) is 28.1 Å². The number of aliphatic hydroxyl groups is 1. The van der Waals surface area contributed by atoms with Crippen LogP contribution in [0.1, 0.15) is 58.6 Å². The van der Waals surface area contributed by atoms with Gasteiger partial charge in [-0.05, 0) is 47.2 Å². The Balaban J connectivity index is 1.78. The van der Waals surface area contributed by atoms with E-state index in [9.17, 15) is 5.11 Å². The maximum atomic E-state index is 10.3. The molecule has 0 bridgehead atoms. The number of hydrogen-bond acceptors (Lipinski definition) is 5. The molecule has 4 aromatic rings. The van der Waals surface area contributed by atoms with Crippen molar-refractivity contribution in [3.63, 3.8) is 0 Å². The molecule has 2 unspecified atom stereocenters. The Morgan fingerprint density at radius 3 is 2.50 bits per heavy atom. The molecule has 0 radical (unpaired) electrons. The molecule has 2 aromatic heterocycles. The largest absolute Gasteiger partial charge is 0.390 e. The zero-order valence-corrected chi connectivity index (χ0v) is 20.9. The van der Waals surface area contributed by atoms with E-state index in [1.165, 1.54) is 4.80 Å². The number of hydrogen-bond donors (Lipinski definition) is 1. The van der Waals surface area contributed by atoms with Crippen molar-refractivity contribution < 1.29 is 7.85 Å². The van der Waals surface area contributed by atoms with E-state index in [4.69, 9.17) is 14.3 Å². The first-order valence-corrected chi connectivity index (χ1v) is 11.8. The number of benzene rings is 2. The van der Waals surface area contributed by atoms with Gasteiger partial charge in [0.2, 0.25) is 5.82 Å². The first-order valence-electron chi connectivity index (χ1n) is 12.4. The van der Waals surface area contributed by atoms with E-state index in [1.54, 1.807) is 11.6 Å². The van der Waals surface area contributed by atoms with Crippen LogP contribution in [0.4, 0.5) is 0 Å². The Hall–Kier alpha value is -3.03. The molecular formula is C26H31ClN6O. The van der Waals surface area contributed by atoms with Gasteiger partial charge in [0.25, 0.3) is 0 Å². The molecule has 0 aliphatic rings. The first-order chi connectivity index (χ1) is 17.0. The Morgan fingerprint density at radius 2 is 1.88 bits per heavy atom. The highest BCUT2D eigenvalue weighted by atomic mass is 35.5. The van der Waals surface area contributed by atoms with Gasteiger partial charge in [-0.2, -0.15) is 4.80 Å². The van der Waals surface area contributed by atoms with Crippen LogP contribution in [0.25, 0.3) is 22.5 Å². The van der Waals surface area contributed by atoms with Crippen molar-refractivity contribution in [3.05, 3.63) is 70.3 Å². The molecule has 0 aliphatic carbocycles. The van der Waals surface area contributed by atoms with E-state index in [2.05, 4.69) is 40.3 Å². The summed E-state index contributed by atoms with van der Waals surface area (Å²) >= 11 is 6.36. The summed E-state index contributed by atoms with van der Waals surface area (Å²) in [5.74, 6) is 1.56. The Labute approximate surface area is 208 Å². The van der Waals surface area contributed by atoms with E-state index in [1.807, 2.05) is 50.2 Å². The maximum absolute atomic E-state index is 10.3. The third-order valence-electron chi connectivity index (χ3n) is 6.37. The zero-order valence-electron chi connectivity index (χ0n) is 22.1. The van der Waals surface area contributed by atoms with Crippen molar-refractivity contribution in [2.45, 2.75) is 53.1 Å². The molecule has 8 heteroatoms. The van der Waals surface area contributed by atoms with Crippen LogP contribution < -0.4 is 0 Å².